The van der Waals surface area contributed by atoms with E-state index in [4.69, 9.17) is 25.4 Å². The molecule has 1 aliphatic carbocycles. The Morgan fingerprint density at radius 1 is 1.11 bits per heavy atom. The van der Waals surface area contributed by atoms with E-state index in [1.807, 2.05) is 0 Å². The molecule has 0 radical (unpaired) electrons. The van der Waals surface area contributed by atoms with Gasteiger partial charge in [0.25, 0.3) is 0 Å². The van der Waals surface area contributed by atoms with Crippen LogP contribution in [0.4, 0.5) is 37.8 Å². The molecule has 0 bridgehead atoms. The molecule has 3 saturated heterocycles. The number of ether oxygens (including phenoxy) is 3. The zero-order chi connectivity index (χ0) is 36.1. The number of benzene rings is 2. The van der Waals surface area contributed by atoms with Crippen LogP contribution in [0.15, 0.2) is 18.3 Å². The number of hydrogen-bond acceptors (Lipinski definition) is 9. The lowest BCUT2D eigenvalue weighted by molar-refractivity contribution is 0.107. The number of rotatable bonds is 6. The molecule has 0 unspecified atom stereocenters. The summed E-state index contributed by atoms with van der Waals surface area (Å²) in [6, 6.07) is 0.661. The lowest BCUT2D eigenvalue weighted by Gasteiger charge is -2.31. The summed E-state index contributed by atoms with van der Waals surface area (Å²) in [6.45, 7) is -1.72. The van der Waals surface area contributed by atoms with Crippen LogP contribution in [-0.4, -0.2) is 90.2 Å². The Balaban J connectivity index is 1.34. The second kappa shape index (κ2) is 11.0. The van der Waals surface area contributed by atoms with Crippen LogP contribution in [0, 0.1) is 29.2 Å². The van der Waals surface area contributed by atoms with Gasteiger partial charge in [0.1, 0.15) is 35.9 Å². The fourth-order valence-corrected chi connectivity index (χ4v) is 7.36. The third-order valence-corrected chi connectivity index (χ3v) is 9.61. The van der Waals surface area contributed by atoms with Crippen molar-refractivity contribution < 1.29 is 46.0 Å². The van der Waals surface area contributed by atoms with E-state index in [1.165, 1.54) is 0 Å². The Morgan fingerprint density at radius 2 is 1.96 bits per heavy atom. The van der Waals surface area contributed by atoms with Crippen molar-refractivity contribution in [3.8, 4) is 23.0 Å². The number of pyridine rings is 1. The predicted octanol–water partition coefficient (Wildman–Crippen LogP) is 5.12. The molecule has 3 aliphatic heterocycles. The summed E-state index contributed by atoms with van der Waals surface area (Å²) in [4.78, 5) is 16.1. The van der Waals surface area contributed by atoms with E-state index in [1.54, 1.807) is 9.80 Å². The molecule has 5 atom stereocenters. The average molecular weight is 665 g/mol. The highest BCUT2D eigenvalue weighted by Gasteiger charge is 2.56. The highest BCUT2D eigenvalue weighted by atomic mass is 19.2. The molecule has 0 amide bonds. The van der Waals surface area contributed by atoms with Gasteiger partial charge in [-0.15, -0.1) is 0 Å². The molecule has 4 aromatic rings. The van der Waals surface area contributed by atoms with E-state index in [9.17, 15) is 8.78 Å². The molecule has 8 rings (SSSR count). The second-order valence-electron chi connectivity index (χ2n) is 12.3. The number of nitrogens with zero attached hydrogens (tertiary/aromatic N) is 5. The summed E-state index contributed by atoms with van der Waals surface area (Å²) in [6.07, 6.45) is -0.781. The SMILES string of the molecule is [2H]C([2H])Oc1c(F)c(F)c(F)c2cc(N)cc(-c3ncc4c(N5CCOC[C@H]6[C@H](F)[C@H]65)nc(OC([2H])([2H])[C@@]56CCCN5C[C@H](F)C6)nc4c3F)c12. The number of halogens is 6. The number of aromatic nitrogens is 3. The summed E-state index contributed by atoms with van der Waals surface area (Å²) < 4.78 is 141. The number of alkyl halides is 2. The van der Waals surface area contributed by atoms with E-state index in [0.29, 0.717) is 13.0 Å². The molecule has 2 aromatic carbocycles. The lowest BCUT2D eigenvalue weighted by atomic mass is 9.95. The normalized spacial score (nSPS) is 28.9. The average Bonchev–Trinajstić information content (AvgIpc) is 3.43. The van der Waals surface area contributed by atoms with E-state index in [0.717, 1.165) is 18.3 Å². The van der Waals surface area contributed by atoms with Crippen LogP contribution in [0.25, 0.3) is 32.9 Å². The van der Waals surface area contributed by atoms with Crippen LogP contribution in [0.3, 0.4) is 0 Å². The minimum atomic E-state index is -2.58. The highest BCUT2D eigenvalue weighted by molar-refractivity contribution is 6.04. The van der Waals surface area contributed by atoms with E-state index < -0.39 is 106 Å². The maximum Gasteiger partial charge on any atom is 0.319 e. The molecule has 9 nitrogen and oxygen atoms in total. The standard InChI is InChI=1S/C32H30F6N6O3/c1-45-29-20-16(21(34)23(36)24(29)37)7-15(39)8-17(20)26-25(38)27-18(10-40-26)30(44-5-6-46-12-19-22(35)28(19)44)42-31(41-27)47-13-32-3-2-4-43(32)11-14(33)9-32/h7-8,10,14,19,22,28H,2-6,9,11-13,39H2,1H3/t14-,19+,22+,28+,32+/m1/s1/i1D2,13D2. The minimum absolute atomic E-state index is 0.0111. The first-order chi connectivity index (χ1) is 24.2. The zero-order valence-electron chi connectivity index (χ0n) is 28.6. The minimum Gasteiger partial charge on any atom is -0.493 e. The van der Waals surface area contributed by atoms with Gasteiger partial charge in [0.05, 0.1) is 42.7 Å². The molecule has 2 N–H and O–H groups in total. The molecule has 1 saturated carbocycles. The number of hydrogen-bond donors (Lipinski definition) is 1. The van der Waals surface area contributed by atoms with Crippen LogP contribution >= 0.6 is 0 Å². The van der Waals surface area contributed by atoms with Crippen molar-refractivity contribution in [1.82, 2.24) is 19.9 Å². The molecule has 0 spiro atoms. The van der Waals surface area contributed by atoms with Gasteiger partial charge < -0.3 is 24.8 Å². The van der Waals surface area contributed by atoms with Gasteiger partial charge in [0, 0.05) is 53.6 Å². The van der Waals surface area contributed by atoms with Crippen LogP contribution in [-0.2, 0) is 4.74 Å². The summed E-state index contributed by atoms with van der Waals surface area (Å²) in [5.41, 5.74) is 2.87. The van der Waals surface area contributed by atoms with Crippen LogP contribution in [0.5, 0.6) is 11.8 Å². The van der Waals surface area contributed by atoms with Crippen molar-refractivity contribution in [3.63, 3.8) is 0 Å². The van der Waals surface area contributed by atoms with Crippen molar-refractivity contribution in [2.45, 2.75) is 43.2 Å². The first kappa shape index (κ1) is 25.9. The van der Waals surface area contributed by atoms with E-state index in [2.05, 4.69) is 15.0 Å². The van der Waals surface area contributed by atoms with Crippen LogP contribution in [0.1, 0.15) is 24.7 Å². The molecule has 47 heavy (non-hydrogen) atoms. The van der Waals surface area contributed by atoms with Gasteiger partial charge >= 0.3 is 6.01 Å². The maximum atomic E-state index is 17.0. The quantitative estimate of drug-likeness (QED) is 0.171. The Labute approximate surface area is 270 Å². The van der Waals surface area contributed by atoms with Crippen molar-refractivity contribution in [1.29, 1.82) is 0 Å². The van der Waals surface area contributed by atoms with E-state index in [-0.39, 0.29) is 56.0 Å². The third kappa shape index (κ3) is 4.64. The van der Waals surface area contributed by atoms with Crippen LogP contribution in [0.2, 0.25) is 0 Å². The molecular formula is C32H30F6N6O3. The predicted molar refractivity (Wildman–Crippen MR) is 160 cm³/mol. The number of methoxy groups -OCH3 is 1. The fourth-order valence-electron chi connectivity index (χ4n) is 7.36. The highest BCUT2D eigenvalue weighted by Crippen LogP contribution is 2.46. The van der Waals surface area contributed by atoms with Gasteiger partial charge in [-0.25, -0.2) is 22.0 Å². The van der Waals surface area contributed by atoms with Gasteiger partial charge in [-0.3, -0.25) is 9.88 Å². The maximum absolute atomic E-state index is 17.0. The first-order valence-corrected chi connectivity index (χ1v) is 15.1. The lowest BCUT2D eigenvalue weighted by Crippen LogP contribution is -2.43. The molecule has 5 heterocycles. The van der Waals surface area contributed by atoms with E-state index >= 15 is 17.6 Å². The van der Waals surface area contributed by atoms with Crippen LogP contribution < -0.4 is 20.1 Å². The van der Waals surface area contributed by atoms with Gasteiger partial charge in [-0.1, -0.05) is 0 Å². The van der Waals surface area contributed by atoms with Crippen molar-refractivity contribution >= 4 is 33.2 Å². The third-order valence-electron chi connectivity index (χ3n) is 9.61. The monoisotopic (exact) mass is 664 g/mol. The Bertz CT molecular complexity index is 2090. The van der Waals surface area contributed by atoms with Crippen molar-refractivity contribution in [2.24, 2.45) is 5.92 Å². The molecule has 2 aromatic heterocycles. The number of nitrogen functional groups attached to an aromatic ring is 1. The molecular weight excluding hydrogens is 630 g/mol. The molecule has 4 fully saturated rings. The topological polar surface area (TPSA) is 98.9 Å². The number of anilines is 2. The zero-order valence-corrected chi connectivity index (χ0v) is 24.6. The Kier molecular flexibility index (Phi) is 6.05. The summed E-state index contributed by atoms with van der Waals surface area (Å²) in [5, 5.41) is -1.28. The van der Waals surface area contributed by atoms with Gasteiger partial charge in [-0.2, -0.15) is 14.4 Å². The molecule has 4 aliphatic rings. The molecule has 15 heteroatoms. The second-order valence-corrected chi connectivity index (χ2v) is 12.3. The molecule has 248 valence electrons. The largest absolute Gasteiger partial charge is 0.493 e. The Hall–Kier alpha value is -4.11. The number of nitrogens with two attached hydrogens (primary N) is 1. The summed E-state index contributed by atoms with van der Waals surface area (Å²) in [5.74, 6) is -8.39. The van der Waals surface area contributed by atoms with Gasteiger partial charge in [0.15, 0.2) is 23.2 Å². The fraction of sp³-hybridized carbons (Fsp3) is 0.469. The van der Waals surface area contributed by atoms with Gasteiger partial charge in [-0.05, 0) is 31.5 Å². The summed E-state index contributed by atoms with van der Waals surface area (Å²) in [7, 11) is -2.21. The summed E-state index contributed by atoms with van der Waals surface area (Å²) >= 11 is 0. The van der Waals surface area contributed by atoms with Gasteiger partial charge in [0.2, 0.25) is 5.82 Å². The van der Waals surface area contributed by atoms with Crippen molar-refractivity contribution in [2.75, 3.05) is 57.1 Å². The van der Waals surface area contributed by atoms with Crippen molar-refractivity contribution in [3.05, 3.63) is 41.6 Å². The number of fused-ring (bicyclic) bond motifs is 4. The Morgan fingerprint density at radius 3 is 2.79 bits per heavy atom. The first-order valence-electron chi connectivity index (χ1n) is 17.2. The smallest absolute Gasteiger partial charge is 0.319 e.